The smallest absolute Gasteiger partial charge is 0.223 e. The molecule has 0 saturated carbocycles. The summed E-state index contributed by atoms with van der Waals surface area (Å²) in [5.41, 5.74) is 11.6. The van der Waals surface area contributed by atoms with Crippen LogP contribution >= 0.6 is 0 Å². The highest BCUT2D eigenvalue weighted by Crippen LogP contribution is 2.24. The Kier molecular flexibility index (Phi) is 5.45. The molecule has 28 heavy (non-hydrogen) atoms. The number of anilines is 1. The highest BCUT2D eigenvalue weighted by Gasteiger charge is 2.11. The van der Waals surface area contributed by atoms with Gasteiger partial charge in [-0.2, -0.15) is 4.98 Å². The quantitative estimate of drug-likeness (QED) is 0.682. The van der Waals surface area contributed by atoms with E-state index in [1.807, 2.05) is 6.07 Å². The number of nitrogens with one attached hydrogen (secondary N) is 1. The van der Waals surface area contributed by atoms with Crippen LogP contribution in [0.3, 0.4) is 0 Å². The molecule has 7 nitrogen and oxygen atoms in total. The Morgan fingerprint density at radius 1 is 1.18 bits per heavy atom. The van der Waals surface area contributed by atoms with Crippen LogP contribution in [-0.2, 0) is 11.2 Å². The molecule has 0 atom stereocenters. The molecule has 0 radical (unpaired) electrons. The number of nitrogens with zero attached hydrogens (tertiary/aromatic N) is 3. The van der Waals surface area contributed by atoms with Crippen LogP contribution in [0.1, 0.15) is 22.5 Å². The molecular weight excluding hydrogens is 354 g/mol. The molecule has 0 bridgehead atoms. The van der Waals surface area contributed by atoms with Gasteiger partial charge >= 0.3 is 0 Å². The summed E-state index contributed by atoms with van der Waals surface area (Å²) in [6.07, 6.45) is 0.687. The fourth-order valence-corrected chi connectivity index (χ4v) is 3.59. The number of morpholine rings is 1. The second-order valence-corrected chi connectivity index (χ2v) is 7.29. The first-order chi connectivity index (χ1) is 13.6. The Bertz CT molecular complexity index is 963. The van der Waals surface area contributed by atoms with Crippen LogP contribution in [0.5, 0.6) is 5.88 Å². The first-order valence-electron chi connectivity index (χ1n) is 9.72. The number of ether oxygens (including phenoxy) is 2. The third-order valence-electron chi connectivity index (χ3n) is 5.29. The zero-order valence-corrected chi connectivity index (χ0v) is 16.5. The summed E-state index contributed by atoms with van der Waals surface area (Å²) < 4.78 is 11.2. The Balaban J connectivity index is 1.43. The van der Waals surface area contributed by atoms with Crippen molar-refractivity contribution in [1.82, 2.24) is 19.9 Å². The van der Waals surface area contributed by atoms with Crippen LogP contribution < -0.4 is 10.5 Å². The Labute approximate surface area is 164 Å². The fourth-order valence-electron chi connectivity index (χ4n) is 3.59. The van der Waals surface area contributed by atoms with Crippen LogP contribution in [0.15, 0.2) is 24.3 Å². The lowest BCUT2D eigenvalue weighted by Crippen LogP contribution is -2.38. The first-order valence-corrected chi connectivity index (χ1v) is 9.72. The summed E-state index contributed by atoms with van der Waals surface area (Å²) in [5, 5.41) is 1.25. The molecule has 0 unspecified atom stereocenters. The van der Waals surface area contributed by atoms with Crippen LogP contribution in [0.2, 0.25) is 0 Å². The number of rotatable bonds is 6. The van der Waals surface area contributed by atoms with E-state index in [0.717, 1.165) is 44.1 Å². The topological polar surface area (TPSA) is 89.3 Å². The predicted molar refractivity (Wildman–Crippen MR) is 110 cm³/mol. The lowest BCUT2D eigenvalue weighted by Gasteiger charge is -2.26. The van der Waals surface area contributed by atoms with Gasteiger partial charge in [-0.15, -0.1) is 0 Å². The van der Waals surface area contributed by atoms with Crippen molar-refractivity contribution >= 4 is 16.9 Å². The zero-order valence-electron chi connectivity index (χ0n) is 16.5. The van der Waals surface area contributed by atoms with Crippen LogP contribution in [0.25, 0.3) is 10.9 Å². The summed E-state index contributed by atoms with van der Waals surface area (Å²) >= 11 is 0. The van der Waals surface area contributed by atoms with E-state index in [0.29, 0.717) is 18.9 Å². The van der Waals surface area contributed by atoms with Gasteiger partial charge in [0, 0.05) is 48.7 Å². The molecule has 1 saturated heterocycles. The van der Waals surface area contributed by atoms with Gasteiger partial charge in [-0.3, -0.25) is 4.90 Å². The van der Waals surface area contributed by atoms with E-state index in [2.05, 4.69) is 51.9 Å². The standard InChI is InChI=1S/C21H27N5O2/c1-14-15(2)23-19-4-3-16(12-18(14)19)11-17-13-20(25-21(22)24-17)28-10-7-26-5-8-27-9-6-26/h3-4,12-13,23H,5-11H2,1-2H3,(H2,22,24,25). The second kappa shape index (κ2) is 8.16. The number of hydrogen-bond acceptors (Lipinski definition) is 6. The maximum atomic E-state index is 5.91. The fraction of sp³-hybridized carbons (Fsp3) is 0.429. The molecule has 0 spiro atoms. The molecule has 3 heterocycles. The second-order valence-electron chi connectivity index (χ2n) is 7.29. The van der Waals surface area contributed by atoms with Gasteiger partial charge in [-0.05, 0) is 37.1 Å². The minimum atomic E-state index is 0.244. The Morgan fingerprint density at radius 3 is 2.82 bits per heavy atom. The van der Waals surface area contributed by atoms with Gasteiger partial charge in [0.1, 0.15) is 6.61 Å². The van der Waals surface area contributed by atoms with E-state index in [1.54, 1.807) is 0 Å². The molecule has 0 amide bonds. The SMILES string of the molecule is Cc1[nH]c2ccc(Cc3cc(OCCN4CCOCC4)nc(N)n3)cc2c1C. The van der Waals surface area contributed by atoms with Gasteiger partial charge in [0.25, 0.3) is 0 Å². The normalized spacial score (nSPS) is 15.2. The van der Waals surface area contributed by atoms with E-state index in [-0.39, 0.29) is 5.95 Å². The maximum absolute atomic E-state index is 5.91. The van der Waals surface area contributed by atoms with Crippen molar-refractivity contribution < 1.29 is 9.47 Å². The van der Waals surface area contributed by atoms with Crippen molar-refractivity contribution in [2.24, 2.45) is 0 Å². The van der Waals surface area contributed by atoms with Gasteiger partial charge in [0.05, 0.1) is 18.9 Å². The third-order valence-corrected chi connectivity index (χ3v) is 5.29. The molecule has 4 rings (SSSR count). The van der Waals surface area contributed by atoms with Crippen molar-refractivity contribution in [1.29, 1.82) is 0 Å². The Morgan fingerprint density at radius 2 is 2.00 bits per heavy atom. The zero-order chi connectivity index (χ0) is 19.5. The first kappa shape index (κ1) is 18.7. The average Bonchev–Trinajstić information content (AvgIpc) is 2.96. The largest absolute Gasteiger partial charge is 0.476 e. The van der Waals surface area contributed by atoms with E-state index < -0.39 is 0 Å². The lowest BCUT2D eigenvalue weighted by molar-refractivity contribution is 0.0320. The van der Waals surface area contributed by atoms with Crippen molar-refractivity contribution in [3.05, 3.63) is 46.8 Å². The van der Waals surface area contributed by atoms with Crippen molar-refractivity contribution in [2.75, 3.05) is 45.2 Å². The van der Waals surface area contributed by atoms with E-state index in [1.165, 1.54) is 22.2 Å². The van der Waals surface area contributed by atoms with Crippen LogP contribution in [0.4, 0.5) is 5.95 Å². The van der Waals surface area contributed by atoms with Crippen molar-refractivity contribution in [2.45, 2.75) is 20.3 Å². The van der Waals surface area contributed by atoms with E-state index in [9.17, 15) is 0 Å². The summed E-state index contributed by atoms with van der Waals surface area (Å²) in [6.45, 7) is 9.13. The number of benzene rings is 1. The Hall–Kier alpha value is -2.64. The monoisotopic (exact) mass is 381 g/mol. The predicted octanol–water partition coefficient (Wildman–Crippen LogP) is 2.46. The number of aromatic nitrogens is 3. The molecule has 148 valence electrons. The van der Waals surface area contributed by atoms with Crippen LogP contribution in [0, 0.1) is 13.8 Å². The number of hydrogen-bond donors (Lipinski definition) is 2. The molecular formula is C21H27N5O2. The van der Waals surface area contributed by atoms with Gasteiger partial charge in [-0.1, -0.05) is 6.07 Å². The summed E-state index contributed by atoms with van der Waals surface area (Å²) in [4.78, 5) is 14.3. The van der Waals surface area contributed by atoms with Gasteiger partial charge in [-0.25, -0.2) is 4.98 Å². The molecule has 1 fully saturated rings. The summed E-state index contributed by atoms with van der Waals surface area (Å²) in [7, 11) is 0. The van der Waals surface area contributed by atoms with Crippen molar-refractivity contribution in [3.8, 4) is 5.88 Å². The van der Waals surface area contributed by atoms with Gasteiger partial charge in [0.2, 0.25) is 11.8 Å². The minimum absolute atomic E-state index is 0.244. The van der Waals surface area contributed by atoms with Crippen molar-refractivity contribution in [3.63, 3.8) is 0 Å². The molecule has 2 aromatic heterocycles. The number of aryl methyl sites for hydroxylation is 2. The lowest BCUT2D eigenvalue weighted by atomic mass is 10.1. The number of nitrogens with two attached hydrogens (primary N) is 1. The van der Waals surface area contributed by atoms with E-state index >= 15 is 0 Å². The van der Waals surface area contributed by atoms with E-state index in [4.69, 9.17) is 15.2 Å². The molecule has 7 heteroatoms. The molecule has 3 aromatic rings. The molecule has 3 N–H and O–H groups in total. The number of nitrogen functional groups attached to an aromatic ring is 1. The average molecular weight is 381 g/mol. The van der Waals surface area contributed by atoms with Gasteiger partial charge in [0.15, 0.2) is 0 Å². The van der Waals surface area contributed by atoms with Gasteiger partial charge < -0.3 is 20.2 Å². The molecule has 1 aliphatic rings. The highest BCUT2D eigenvalue weighted by molar-refractivity contribution is 5.85. The maximum Gasteiger partial charge on any atom is 0.223 e. The molecule has 1 aromatic carbocycles. The number of H-pyrrole nitrogens is 1. The molecule has 0 aliphatic carbocycles. The third kappa shape index (κ3) is 4.26. The number of fused-ring (bicyclic) bond motifs is 1. The summed E-state index contributed by atoms with van der Waals surface area (Å²) in [5.74, 6) is 0.777. The highest BCUT2D eigenvalue weighted by atomic mass is 16.5. The summed E-state index contributed by atoms with van der Waals surface area (Å²) in [6, 6.07) is 8.34. The van der Waals surface area contributed by atoms with Crippen LogP contribution in [-0.4, -0.2) is 59.3 Å². The molecule has 1 aliphatic heterocycles. The number of aromatic amines is 1. The minimum Gasteiger partial charge on any atom is -0.476 e.